The third-order valence-electron chi connectivity index (χ3n) is 7.81. The van der Waals surface area contributed by atoms with Crippen LogP contribution in [-0.4, -0.2) is 42.4 Å². The smallest absolute Gasteiger partial charge is 0.339 e. The molecule has 0 amide bonds. The van der Waals surface area contributed by atoms with Crippen LogP contribution in [0.1, 0.15) is 25.0 Å². The van der Waals surface area contributed by atoms with Gasteiger partial charge >= 0.3 is 11.9 Å². The first-order valence-corrected chi connectivity index (χ1v) is 11.5. The summed E-state index contributed by atoms with van der Waals surface area (Å²) in [5, 5.41) is 27.4. The molecule has 0 saturated heterocycles. The lowest BCUT2D eigenvalue weighted by molar-refractivity contribution is -0.139. The van der Waals surface area contributed by atoms with Crippen molar-refractivity contribution in [1.82, 2.24) is 5.01 Å². The van der Waals surface area contributed by atoms with Crippen LogP contribution in [0, 0.1) is 39.9 Å². The molecule has 2 aromatic rings. The summed E-state index contributed by atoms with van der Waals surface area (Å²) >= 11 is 0. The third-order valence-corrected chi connectivity index (χ3v) is 7.81. The molecular weight excluding hydrogens is 456 g/mol. The van der Waals surface area contributed by atoms with E-state index in [4.69, 9.17) is 14.6 Å². The molecule has 0 N–H and O–H groups in total. The quantitative estimate of drug-likeness (QED) is 0.617. The Morgan fingerprint density at radius 3 is 1.94 bits per heavy atom. The summed E-state index contributed by atoms with van der Waals surface area (Å²) in [5.41, 5.74) is -2.30. The largest absolute Gasteiger partial charge is 0.466 e. The van der Waals surface area contributed by atoms with Crippen LogP contribution < -0.4 is 0 Å². The summed E-state index contributed by atoms with van der Waals surface area (Å²) in [7, 11) is 2.36. The maximum atomic E-state index is 13.5. The van der Waals surface area contributed by atoms with Gasteiger partial charge in [-0.05, 0) is 16.5 Å². The summed E-state index contributed by atoms with van der Waals surface area (Å²) in [5.74, 6) is -2.19. The van der Waals surface area contributed by atoms with Crippen LogP contribution in [0.15, 0.2) is 76.9 Å². The second-order valence-corrected chi connectivity index (χ2v) is 9.74. The topological polar surface area (TPSA) is 116 Å². The van der Waals surface area contributed by atoms with Gasteiger partial charge in [-0.25, -0.2) is 14.6 Å². The molecule has 8 nitrogen and oxygen atoms in total. The fourth-order valence-electron chi connectivity index (χ4n) is 6.31. The van der Waals surface area contributed by atoms with Gasteiger partial charge in [0, 0.05) is 11.8 Å². The van der Waals surface area contributed by atoms with Crippen LogP contribution in [0.5, 0.6) is 0 Å². The van der Waals surface area contributed by atoms with Gasteiger partial charge < -0.3 is 9.47 Å². The second-order valence-electron chi connectivity index (χ2n) is 9.74. The number of hydrogen-bond donors (Lipinski definition) is 0. The zero-order chi connectivity index (χ0) is 25.9. The lowest BCUT2D eigenvalue weighted by Crippen LogP contribution is -2.56. The van der Waals surface area contributed by atoms with Crippen molar-refractivity contribution in [3.05, 3.63) is 82.9 Å². The molecule has 3 atom stereocenters. The number of nitrogens with zero attached hydrogens (tertiary/aromatic N) is 4. The van der Waals surface area contributed by atoms with Gasteiger partial charge in [0.2, 0.25) is 0 Å². The van der Waals surface area contributed by atoms with Gasteiger partial charge in [0.05, 0.1) is 25.5 Å². The van der Waals surface area contributed by atoms with Crippen LogP contribution in [0.25, 0.3) is 0 Å². The Labute approximate surface area is 209 Å². The minimum Gasteiger partial charge on any atom is -0.466 e. The second kappa shape index (κ2) is 7.79. The van der Waals surface area contributed by atoms with E-state index in [1.54, 1.807) is 0 Å². The third kappa shape index (κ3) is 2.64. The van der Waals surface area contributed by atoms with Crippen molar-refractivity contribution in [3.8, 4) is 12.1 Å². The van der Waals surface area contributed by atoms with Crippen molar-refractivity contribution in [2.24, 2.45) is 22.4 Å². The lowest BCUT2D eigenvalue weighted by Gasteiger charge is -2.45. The average Bonchev–Trinajstić information content (AvgIpc) is 3.40. The summed E-state index contributed by atoms with van der Waals surface area (Å²) in [4.78, 5) is 26.8. The maximum Gasteiger partial charge on any atom is 0.339 e. The van der Waals surface area contributed by atoms with Gasteiger partial charge in [-0.3, -0.25) is 0 Å². The lowest BCUT2D eigenvalue weighted by atomic mass is 9.75. The maximum absolute atomic E-state index is 13.5. The highest BCUT2D eigenvalue weighted by molar-refractivity contribution is 6.10. The number of fused-ring (bicyclic) bond motifs is 3. The Balaban J connectivity index is 1.97. The van der Waals surface area contributed by atoms with E-state index < -0.39 is 28.4 Å². The highest BCUT2D eigenvalue weighted by Crippen LogP contribution is 2.74. The zero-order valence-corrected chi connectivity index (χ0v) is 20.4. The highest BCUT2D eigenvalue weighted by Gasteiger charge is 2.80. The minimum absolute atomic E-state index is 0.0809. The predicted octanol–water partition coefficient (Wildman–Crippen LogP) is 3.32. The van der Waals surface area contributed by atoms with Crippen LogP contribution in [0.2, 0.25) is 0 Å². The summed E-state index contributed by atoms with van der Waals surface area (Å²) in [6, 6.07) is 22.7. The molecule has 3 aliphatic rings. The number of hydrazone groups is 1. The Kier molecular flexibility index (Phi) is 5.05. The number of rotatable bonds is 4. The van der Waals surface area contributed by atoms with Crippen molar-refractivity contribution in [3.63, 3.8) is 0 Å². The van der Waals surface area contributed by atoms with E-state index in [1.807, 2.05) is 72.8 Å². The molecule has 0 bridgehead atoms. The molecule has 0 spiro atoms. The zero-order valence-electron chi connectivity index (χ0n) is 20.4. The Hall–Kier alpha value is -4.43. The molecule has 1 fully saturated rings. The number of methoxy groups -OCH3 is 2. The molecule has 8 heteroatoms. The number of carbonyl (C=O) groups is 2. The van der Waals surface area contributed by atoms with Gasteiger partial charge in [0.15, 0.2) is 0 Å². The van der Waals surface area contributed by atoms with Crippen molar-refractivity contribution in [2.75, 3.05) is 14.2 Å². The fraction of sp³-hybridized carbons (Fsp3) is 0.321. The summed E-state index contributed by atoms with van der Waals surface area (Å²) in [6.45, 7) is 4.14. The minimum atomic E-state index is -2.23. The number of carbonyl (C=O) groups excluding carboxylic acids is 2. The van der Waals surface area contributed by atoms with E-state index in [-0.39, 0.29) is 23.0 Å². The predicted molar refractivity (Wildman–Crippen MR) is 129 cm³/mol. The van der Waals surface area contributed by atoms with Crippen molar-refractivity contribution < 1.29 is 19.1 Å². The standard InChI is InChI=1S/C28H24N4O4/c1-26(2)21-22(17-11-7-5-8-12-17)31-32-27(15-29,16-30)19(24(33)35-3)20(25(34)36-4)28(32,23(21)26)18-13-9-6-10-14-18/h5-14,21,23H,1-4H3/t21-,23+,28+/m1/s1. The first kappa shape index (κ1) is 23.3. The molecule has 2 aromatic carbocycles. The van der Waals surface area contributed by atoms with Gasteiger partial charge in [-0.1, -0.05) is 74.5 Å². The molecule has 180 valence electrons. The monoisotopic (exact) mass is 480 g/mol. The molecule has 0 aromatic heterocycles. The molecule has 2 aliphatic heterocycles. The van der Waals surface area contributed by atoms with Crippen LogP contribution in [0.3, 0.4) is 0 Å². The Bertz CT molecular complexity index is 1400. The molecule has 5 rings (SSSR count). The first-order valence-electron chi connectivity index (χ1n) is 11.5. The number of hydrogen-bond acceptors (Lipinski definition) is 8. The van der Waals surface area contributed by atoms with E-state index in [0.29, 0.717) is 11.3 Å². The van der Waals surface area contributed by atoms with E-state index in [9.17, 15) is 20.1 Å². The van der Waals surface area contributed by atoms with Crippen LogP contribution in [-0.2, 0) is 24.6 Å². The normalized spacial score (nSPS) is 26.5. The molecule has 1 aliphatic carbocycles. The van der Waals surface area contributed by atoms with Crippen molar-refractivity contribution in [2.45, 2.75) is 24.9 Å². The van der Waals surface area contributed by atoms with Gasteiger partial charge in [-0.15, -0.1) is 0 Å². The molecule has 2 heterocycles. The highest BCUT2D eigenvalue weighted by atomic mass is 16.5. The summed E-state index contributed by atoms with van der Waals surface area (Å²) < 4.78 is 10.2. The average molecular weight is 481 g/mol. The number of benzene rings is 2. The molecule has 0 radical (unpaired) electrons. The fourth-order valence-corrected chi connectivity index (χ4v) is 6.31. The number of ether oxygens (including phenoxy) is 2. The van der Waals surface area contributed by atoms with Crippen molar-refractivity contribution in [1.29, 1.82) is 10.5 Å². The van der Waals surface area contributed by atoms with Gasteiger partial charge in [0.1, 0.15) is 23.3 Å². The molecule has 1 saturated carbocycles. The summed E-state index contributed by atoms with van der Waals surface area (Å²) in [6.07, 6.45) is 0. The molecular formula is C28H24N4O4. The van der Waals surface area contributed by atoms with Crippen LogP contribution >= 0.6 is 0 Å². The van der Waals surface area contributed by atoms with E-state index in [2.05, 4.69) is 13.8 Å². The van der Waals surface area contributed by atoms with Gasteiger partial charge in [-0.2, -0.15) is 15.6 Å². The van der Waals surface area contributed by atoms with Crippen LogP contribution in [0.4, 0.5) is 0 Å². The van der Waals surface area contributed by atoms with E-state index in [1.165, 1.54) is 12.1 Å². The Morgan fingerprint density at radius 1 is 0.889 bits per heavy atom. The van der Waals surface area contributed by atoms with E-state index in [0.717, 1.165) is 12.7 Å². The Morgan fingerprint density at radius 2 is 1.42 bits per heavy atom. The van der Waals surface area contributed by atoms with Gasteiger partial charge in [0.25, 0.3) is 5.54 Å². The van der Waals surface area contributed by atoms with E-state index >= 15 is 0 Å². The number of esters is 2. The first-order chi connectivity index (χ1) is 17.3. The SMILES string of the molecule is COC(=O)C1=C(C(=O)OC)[C@@]2(c3ccccc3)[C@H]3[C@@H](C(c4ccccc4)=NN2C1(C#N)C#N)C3(C)C. The number of nitriles is 2. The molecule has 0 unspecified atom stereocenters. The molecule has 36 heavy (non-hydrogen) atoms. The van der Waals surface area contributed by atoms with Crippen molar-refractivity contribution >= 4 is 17.7 Å².